The van der Waals surface area contributed by atoms with Gasteiger partial charge in [0.25, 0.3) is 0 Å². The molecule has 0 saturated carbocycles. The number of hydrogen-bond acceptors (Lipinski definition) is 1. The van der Waals surface area contributed by atoms with E-state index in [1.165, 1.54) is 21.5 Å². The van der Waals surface area contributed by atoms with E-state index in [1.807, 2.05) is 44.3 Å². The van der Waals surface area contributed by atoms with Gasteiger partial charge < -0.3 is 4.74 Å². The molecule has 4 heteroatoms. The zero-order valence-corrected chi connectivity index (χ0v) is 22.9. The van der Waals surface area contributed by atoms with Gasteiger partial charge in [-0.1, -0.05) is 134 Å². The molecule has 0 aliphatic heterocycles. The third-order valence-corrected chi connectivity index (χ3v) is 7.15. The summed E-state index contributed by atoms with van der Waals surface area (Å²) in [6, 6.07) is 42.6. The van der Waals surface area contributed by atoms with Crippen LogP contribution >= 0.6 is 27.4 Å². The number of rotatable bonds is 6. The summed E-state index contributed by atoms with van der Waals surface area (Å²) in [5.74, 6) is 0.376. The van der Waals surface area contributed by atoms with E-state index in [1.54, 1.807) is 7.11 Å². The van der Waals surface area contributed by atoms with Gasteiger partial charge in [0.1, 0.15) is 0 Å². The van der Waals surface area contributed by atoms with Gasteiger partial charge in [0.05, 0.1) is 0 Å². The van der Waals surface area contributed by atoms with E-state index in [0.29, 0.717) is 5.92 Å². The van der Waals surface area contributed by atoms with Gasteiger partial charge in [0.2, 0.25) is 0 Å². The fourth-order valence-electron chi connectivity index (χ4n) is 3.22. The average molecular weight is 645 g/mol. The molecule has 4 aromatic carbocycles. The van der Waals surface area contributed by atoms with Gasteiger partial charge in [-0.3, -0.25) is 0 Å². The molecular formula is C28H28IOPPd. The van der Waals surface area contributed by atoms with Gasteiger partial charge in [-0.05, 0) is 30.9 Å². The van der Waals surface area contributed by atoms with Gasteiger partial charge in [-0.15, -0.1) is 5.92 Å². The van der Waals surface area contributed by atoms with Crippen LogP contribution in [0.3, 0.4) is 0 Å². The molecule has 168 valence electrons. The summed E-state index contributed by atoms with van der Waals surface area (Å²) in [5.41, 5.74) is 1.29. The molecule has 0 bridgehead atoms. The zero-order chi connectivity index (χ0) is 23.0. The summed E-state index contributed by atoms with van der Waals surface area (Å²) in [5, 5.41) is 4.19. The van der Waals surface area contributed by atoms with Crippen LogP contribution in [0.4, 0.5) is 0 Å². The second-order valence-electron chi connectivity index (χ2n) is 6.91. The Balaban J connectivity index is 0.000000239. The Morgan fingerprint density at radius 1 is 0.625 bits per heavy atom. The summed E-state index contributed by atoms with van der Waals surface area (Å²) in [6.07, 6.45) is 0. The summed E-state index contributed by atoms with van der Waals surface area (Å²) in [6.45, 7) is 3.94. The molecule has 0 heterocycles. The number of ether oxygens (including phenoxy) is 1. The number of hydrogen-bond donors (Lipinski definition) is 0. The van der Waals surface area contributed by atoms with Crippen LogP contribution in [0, 0.1) is 6.61 Å². The third kappa shape index (κ3) is 8.89. The van der Waals surface area contributed by atoms with Crippen molar-refractivity contribution in [1.82, 2.24) is 0 Å². The van der Waals surface area contributed by atoms with Gasteiger partial charge in [-0.25, -0.2) is 6.61 Å². The zero-order valence-electron chi connectivity index (χ0n) is 18.3. The van der Waals surface area contributed by atoms with Crippen molar-refractivity contribution in [2.75, 3.05) is 7.11 Å². The normalized spacial score (nSPS) is 10.9. The first kappa shape index (κ1) is 26.9. The van der Waals surface area contributed by atoms with Crippen molar-refractivity contribution in [3.8, 4) is 0 Å². The molecule has 0 N–H and O–H groups in total. The molecule has 0 aliphatic rings. The maximum absolute atomic E-state index is 4.93. The first-order valence-corrected chi connectivity index (χ1v) is 16.2. The number of halogens is 1. The van der Waals surface area contributed by atoms with Crippen LogP contribution < -0.4 is 15.9 Å². The minimum Gasteiger partial charge on any atom is -0.0622 e. The van der Waals surface area contributed by atoms with Crippen LogP contribution in [0.5, 0.6) is 0 Å². The van der Waals surface area contributed by atoms with E-state index in [-0.39, 0.29) is 0 Å². The Labute approximate surface area is 215 Å². The van der Waals surface area contributed by atoms with Crippen molar-refractivity contribution in [3.63, 3.8) is 0 Å². The standard InChI is InChI=1S/C18H15P.C10H13O.HI.Pd/c1-4-10-16(11-5-1)19(17-12-6-2-7-13-17)18-14-8-3-9-15-18;1-9(8-11-2)10-6-4-3-5-7-10;;/h1-15H;3-9H,1-2H3;1H;/q;-1;;+2/p-1/t;9-;;/m.0../s1. The second kappa shape index (κ2) is 16.3. The van der Waals surface area contributed by atoms with Crippen molar-refractivity contribution in [2.45, 2.75) is 12.8 Å². The molecule has 0 aromatic heterocycles. The molecule has 0 unspecified atom stereocenters. The predicted octanol–water partition coefficient (Wildman–Crippen LogP) is 6.93. The SMILES string of the molecule is CO[CH-][C@H](C)c1ccccc1.[Pd+][I].c1ccc(P(c2ccccc2)c2ccccc2)cc1. The van der Waals surface area contributed by atoms with Crippen LogP contribution in [-0.4, -0.2) is 7.11 Å². The number of methoxy groups -OCH3 is 1. The molecule has 4 aromatic rings. The summed E-state index contributed by atoms with van der Waals surface area (Å²) >= 11 is 4.72. The topological polar surface area (TPSA) is 9.23 Å². The Bertz CT molecular complexity index is 875. The van der Waals surface area contributed by atoms with Crippen LogP contribution in [0.1, 0.15) is 18.4 Å². The van der Waals surface area contributed by atoms with E-state index in [9.17, 15) is 0 Å². The molecule has 0 radical (unpaired) electrons. The molecule has 32 heavy (non-hydrogen) atoms. The van der Waals surface area contributed by atoms with Crippen LogP contribution in [-0.2, 0) is 20.3 Å². The van der Waals surface area contributed by atoms with E-state index < -0.39 is 7.92 Å². The van der Waals surface area contributed by atoms with Crippen molar-refractivity contribution in [3.05, 3.63) is 133 Å². The van der Waals surface area contributed by atoms with Crippen LogP contribution in [0.25, 0.3) is 0 Å². The maximum atomic E-state index is 4.93. The Morgan fingerprint density at radius 3 is 1.25 bits per heavy atom. The smallest absolute Gasteiger partial charge is 0.0134 e. The Morgan fingerprint density at radius 2 is 0.938 bits per heavy atom. The molecule has 0 amide bonds. The summed E-state index contributed by atoms with van der Waals surface area (Å²) < 4.78 is 4.93. The monoisotopic (exact) mass is 644 g/mol. The van der Waals surface area contributed by atoms with E-state index in [4.69, 9.17) is 4.74 Å². The Hall–Kier alpha value is -1.34. The molecule has 1 atom stereocenters. The first-order chi connectivity index (χ1) is 15.8. The predicted molar refractivity (Wildman–Crippen MR) is 145 cm³/mol. The van der Waals surface area contributed by atoms with Crippen LogP contribution in [0.15, 0.2) is 121 Å². The fourth-order valence-corrected chi connectivity index (χ4v) is 5.52. The molecule has 4 rings (SSSR count). The molecule has 0 saturated heterocycles. The third-order valence-electron chi connectivity index (χ3n) is 4.71. The van der Waals surface area contributed by atoms with Crippen LogP contribution in [0.2, 0.25) is 0 Å². The van der Waals surface area contributed by atoms with E-state index in [0.717, 1.165) is 0 Å². The van der Waals surface area contributed by atoms with Gasteiger partial charge in [0, 0.05) is 0 Å². The molecule has 0 fully saturated rings. The van der Waals surface area contributed by atoms with Gasteiger partial charge in [-0.2, -0.15) is 0 Å². The minimum absolute atomic E-state index is 0.376. The van der Waals surface area contributed by atoms with Crippen molar-refractivity contribution in [2.24, 2.45) is 0 Å². The molecule has 0 aliphatic carbocycles. The Kier molecular flexibility index (Phi) is 13.7. The van der Waals surface area contributed by atoms with Crippen molar-refractivity contribution >= 4 is 43.3 Å². The van der Waals surface area contributed by atoms with Crippen molar-refractivity contribution in [1.29, 1.82) is 0 Å². The largest absolute Gasteiger partial charge is 0.0622 e. The summed E-state index contributed by atoms with van der Waals surface area (Å²) in [7, 11) is 1.23. The molecular weight excluding hydrogens is 617 g/mol. The average Bonchev–Trinajstić information content (AvgIpc) is 2.88. The maximum Gasteiger partial charge on any atom is -0.0134 e. The van der Waals surface area contributed by atoms with Crippen molar-refractivity contribution < 1.29 is 20.3 Å². The molecule has 1 nitrogen and oxygen atoms in total. The minimum atomic E-state index is -0.446. The van der Waals surface area contributed by atoms with Gasteiger partial charge >= 0.3 is 35.1 Å². The number of benzene rings is 4. The molecule has 0 spiro atoms. The summed E-state index contributed by atoms with van der Waals surface area (Å²) in [4.78, 5) is 0. The fraction of sp³-hybridized carbons (Fsp3) is 0.107. The first-order valence-electron chi connectivity index (χ1n) is 10.3. The van der Waals surface area contributed by atoms with E-state index in [2.05, 4.69) is 126 Å². The van der Waals surface area contributed by atoms with E-state index >= 15 is 0 Å². The second-order valence-corrected chi connectivity index (χ2v) is 9.13. The quantitative estimate of drug-likeness (QED) is 0.0958. The van der Waals surface area contributed by atoms with Gasteiger partial charge in [0.15, 0.2) is 0 Å².